The van der Waals surface area contributed by atoms with Crippen LogP contribution in [0.25, 0.3) is 10.9 Å². The number of nitrogens with one attached hydrogen (secondary N) is 3. The third-order valence-electron chi connectivity index (χ3n) is 5.35. The summed E-state index contributed by atoms with van der Waals surface area (Å²) >= 11 is 0. The van der Waals surface area contributed by atoms with Crippen LogP contribution in [0.3, 0.4) is 0 Å². The van der Waals surface area contributed by atoms with Crippen molar-refractivity contribution in [2.75, 3.05) is 20.1 Å². The molecule has 3 N–H and O–H groups in total. The van der Waals surface area contributed by atoms with Gasteiger partial charge in [0.1, 0.15) is 0 Å². The fourth-order valence-corrected chi connectivity index (χ4v) is 3.68. The van der Waals surface area contributed by atoms with Crippen LogP contribution >= 0.6 is 0 Å². The molecule has 0 bridgehead atoms. The predicted molar refractivity (Wildman–Crippen MR) is 102 cm³/mol. The molecular formula is C20H27N5O. The predicted octanol–water partition coefficient (Wildman–Crippen LogP) is 2.49. The first-order valence-corrected chi connectivity index (χ1v) is 9.36. The minimum Gasteiger partial charge on any atom is -0.361 e. The number of hydrogen-bond donors (Lipinski definition) is 3. The Morgan fingerprint density at radius 2 is 2.27 bits per heavy atom. The average molecular weight is 353 g/mol. The molecule has 1 amide bonds. The minimum absolute atomic E-state index is 0.0976. The molecule has 3 rings (SSSR count). The van der Waals surface area contributed by atoms with Gasteiger partial charge in [-0.15, -0.1) is 0 Å². The molecule has 0 radical (unpaired) electrons. The number of carbonyl (C=O) groups is 1. The van der Waals surface area contributed by atoms with Gasteiger partial charge >= 0.3 is 0 Å². The number of amides is 1. The zero-order valence-corrected chi connectivity index (χ0v) is 15.7. The molecule has 2 aromatic rings. The van der Waals surface area contributed by atoms with Crippen LogP contribution in [0.1, 0.15) is 43.7 Å². The molecule has 1 aromatic carbocycles. The molecule has 1 aliphatic carbocycles. The zero-order chi connectivity index (χ0) is 18.7. The summed E-state index contributed by atoms with van der Waals surface area (Å²) in [5.41, 5.74) is 6.00. The van der Waals surface area contributed by atoms with Gasteiger partial charge < -0.3 is 10.3 Å². The molecule has 0 spiro atoms. The highest BCUT2D eigenvalue weighted by Crippen LogP contribution is 2.49. The van der Waals surface area contributed by atoms with Gasteiger partial charge in [-0.2, -0.15) is 5.26 Å². The van der Waals surface area contributed by atoms with Crippen LogP contribution < -0.4 is 10.7 Å². The van der Waals surface area contributed by atoms with Crippen LogP contribution in [0.15, 0.2) is 24.4 Å². The van der Waals surface area contributed by atoms with E-state index >= 15 is 0 Å². The van der Waals surface area contributed by atoms with Gasteiger partial charge in [-0.3, -0.25) is 9.80 Å². The maximum Gasteiger partial charge on any atom is 0.253 e. The summed E-state index contributed by atoms with van der Waals surface area (Å²) in [5.74, 6) is 1.12. The van der Waals surface area contributed by atoms with Gasteiger partial charge in [0.2, 0.25) is 0 Å². The third kappa shape index (κ3) is 3.59. The fraction of sp³-hybridized carbons (Fsp3) is 0.500. The number of fused-ring (bicyclic) bond motifs is 1. The Balaban J connectivity index is 1.62. The number of likely N-dealkylation sites (N-methyl/N-ethyl adjacent to an activating group) is 1. The van der Waals surface area contributed by atoms with Gasteiger partial charge in [0.05, 0.1) is 17.7 Å². The summed E-state index contributed by atoms with van der Waals surface area (Å²) in [6.07, 6.45) is 3.96. The van der Waals surface area contributed by atoms with Crippen molar-refractivity contribution < 1.29 is 4.79 Å². The first kappa shape index (κ1) is 18.4. The molecule has 0 saturated heterocycles. The summed E-state index contributed by atoms with van der Waals surface area (Å²) in [6, 6.07) is 7.83. The smallest absolute Gasteiger partial charge is 0.253 e. The molecule has 0 aliphatic heterocycles. The second-order valence-electron chi connectivity index (χ2n) is 6.89. The minimum atomic E-state index is -0.156. The Kier molecular flexibility index (Phi) is 5.60. The van der Waals surface area contributed by atoms with Gasteiger partial charge in [0, 0.05) is 30.7 Å². The first-order valence-electron chi connectivity index (χ1n) is 9.36. The zero-order valence-electron chi connectivity index (χ0n) is 15.7. The largest absolute Gasteiger partial charge is 0.361 e. The summed E-state index contributed by atoms with van der Waals surface area (Å²) in [4.78, 5) is 15.8. The van der Waals surface area contributed by atoms with Crippen molar-refractivity contribution in [1.29, 1.82) is 5.26 Å². The second-order valence-corrected chi connectivity index (χ2v) is 6.89. The van der Waals surface area contributed by atoms with E-state index < -0.39 is 0 Å². The average Bonchev–Trinajstić information content (AvgIpc) is 3.31. The number of aromatic nitrogens is 1. The Labute approximate surface area is 154 Å². The van der Waals surface area contributed by atoms with Crippen molar-refractivity contribution in [3.8, 4) is 6.07 Å². The maximum atomic E-state index is 12.5. The summed E-state index contributed by atoms with van der Waals surface area (Å²) in [6.45, 7) is 5.48. The number of H-pyrrole nitrogens is 1. The van der Waals surface area contributed by atoms with Gasteiger partial charge in [-0.25, -0.2) is 5.43 Å². The summed E-state index contributed by atoms with van der Waals surface area (Å²) in [7, 11) is 1.78. The van der Waals surface area contributed by atoms with E-state index in [2.05, 4.69) is 28.0 Å². The molecule has 6 heteroatoms. The molecule has 26 heavy (non-hydrogen) atoms. The summed E-state index contributed by atoms with van der Waals surface area (Å²) in [5, 5.41) is 15.4. The number of aromatic amines is 1. The van der Waals surface area contributed by atoms with E-state index in [0.29, 0.717) is 23.9 Å². The first-order chi connectivity index (χ1) is 12.6. The van der Waals surface area contributed by atoms with Gasteiger partial charge in [0.15, 0.2) is 0 Å². The second kappa shape index (κ2) is 7.90. The Bertz CT molecular complexity index is 817. The van der Waals surface area contributed by atoms with E-state index in [1.165, 1.54) is 5.56 Å². The van der Waals surface area contributed by atoms with Gasteiger partial charge in [-0.05, 0) is 61.9 Å². The molecule has 6 nitrogen and oxygen atoms in total. The van der Waals surface area contributed by atoms with Crippen molar-refractivity contribution >= 4 is 16.8 Å². The van der Waals surface area contributed by atoms with Crippen LogP contribution in [0, 0.1) is 17.2 Å². The van der Waals surface area contributed by atoms with E-state index in [0.717, 1.165) is 30.3 Å². The number of nitrogens with zero attached hydrogens (tertiary/aromatic N) is 2. The normalized spacial score (nSPS) is 19.9. The van der Waals surface area contributed by atoms with Crippen molar-refractivity contribution in [3.63, 3.8) is 0 Å². The van der Waals surface area contributed by atoms with E-state index in [4.69, 9.17) is 5.26 Å². The maximum absolute atomic E-state index is 12.5. The standard InChI is InChI=1S/C20H27N5O/c1-4-18(20(26)25(5-2)22-3)23-11-14-9-15(14)17-12-24-19-7-6-13(10-21)8-16(17)19/h6-8,12,14-15,18,22-24H,4-5,9,11H2,1-3H3. The fourth-order valence-electron chi connectivity index (χ4n) is 3.68. The van der Waals surface area contributed by atoms with Crippen LogP contribution in [-0.4, -0.2) is 42.1 Å². The molecule has 1 heterocycles. The number of carbonyl (C=O) groups excluding carboxylic acids is 1. The molecule has 138 valence electrons. The lowest BCUT2D eigenvalue weighted by Gasteiger charge is -2.25. The highest BCUT2D eigenvalue weighted by Gasteiger charge is 2.40. The lowest BCUT2D eigenvalue weighted by Crippen LogP contribution is -2.51. The van der Waals surface area contributed by atoms with Gasteiger partial charge in [-0.1, -0.05) is 6.92 Å². The van der Waals surface area contributed by atoms with Crippen molar-refractivity contribution in [3.05, 3.63) is 35.5 Å². The highest BCUT2D eigenvalue weighted by atomic mass is 16.2. The molecule has 1 aromatic heterocycles. The van der Waals surface area contributed by atoms with E-state index in [-0.39, 0.29) is 11.9 Å². The molecule has 3 unspecified atom stereocenters. The number of rotatable bonds is 8. The topological polar surface area (TPSA) is 84.0 Å². The summed E-state index contributed by atoms with van der Waals surface area (Å²) < 4.78 is 0. The van der Waals surface area contributed by atoms with E-state index in [1.54, 1.807) is 12.1 Å². The van der Waals surface area contributed by atoms with Gasteiger partial charge in [0.25, 0.3) is 5.91 Å². The lowest BCUT2D eigenvalue weighted by atomic mass is 10.1. The van der Waals surface area contributed by atoms with Crippen LogP contribution in [-0.2, 0) is 4.79 Å². The number of benzene rings is 1. The Morgan fingerprint density at radius 1 is 1.46 bits per heavy atom. The third-order valence-corrected chi connectivity index (χ3v) is 5.35. The molecule has 1 fully saturated rings. The quantitative estimate of drug-likeness (QED) is 0.637. The molecular weight excluding hydrogens is 326 g/mol. The van der Waals surface area contributed by atoms with Crippen molar-refractivity contribution in [1.82, 2.24) is 20.7 Å². The monoisotopic (exact) mass is 353 g/mol. The number of hydrazine groups is 1. The molecule has 3 atom stereocenters. The van der Waals surface area contributed by atoms with E-state index in [9.17, 15) is 4.79 Å². The SMILES string of the molecule is CCC(NCC1CC1c1c[nH]c2ccc(C#N)cc12)C(=O)N(CC)NC. The van der Waals surface area contributed by atoms with Crippen molar-refractivity contribution in [2.45, 2.75) is 38.6 Å². The highest BCUT2D eigenvalue weighted by molar-refractivity contribution is 5.85. The molecule has 1 saturated carbocycles. The number of nitriles is 1. The van der Waals surface area contributed by atoms with E-state index in [1.807, 2.05) is 32.0 Å². The molecule has 1 aliphatic rings. The number of hydrogen-bond acceptors (Lipinski definition) is 4. The van der Waals surface area contributed by atoms with Crippen molar-refractivity contribution in [2.24, 2.45) is 5.92 Å². The Hall–Kier alpha value is -2.36. The van der Waals surface area contributed by atoms with Crippen LogP contribution in [0.4, 0.5) is 0 Å². The lowest BCUT2D eigenvalue weighted by molar-refractivity contribution is -0.136. The van der Waals surface area contributed by atoms with Crippen LogP contribution in [0.2, 0.25) is 0 Å². The van der Waals surface area contributed by atoms with Crippen LogP contribution in [0.5, 0.6) is 0 Å². The Morgan fingerprint density at radius 3 is 2.92 bits per heavy atom.